The van der Waals surface area contributed by atoms with Crippen LogP contribution < -0.4 is 0 Å². The average Bonchev–Trinajstić information content (AvgIpc) is 3.10. The summed E-state index contributed by atoms with van der Waals surface area (Å²) >= 11 is 12.1. The number of carbonyl (C=O) groups is 1. The lowest BCUT2D eigenvalue weighted by atomic mass is 10.1. The van der Waals surface area contributed by atoms with Gasteiger partial charge in [-0.15, -0.1) is 22.7 Å². The molecule has 0 atom stereocenters. The molecular weight excluding hydrogens is 404 g/mol. The summed E-state index contributed by atoms with van der Waals surface area (Å²) in [6, 6.07) is 7.79. The minimum absolute atomic E-state index is 0.158. The molecule has 22 heavy (non-hydrogen) atoms. The summed E-state index contributed by atoms with van der Waals surface area (Å²) in [4.78, 5) is 21.6. The Labute approximate surface area is 149 Å². The van der Waals surface area contributed by atoms with Gasteiger partial charge in [0.15, 0.2) is 4.47 Å². The second-order valence-corrected chi connectivity index (χ2v) is 8.09. The largest absolute Gasteiger partial charge is 0.299 e. The predicted octanol–water partition coefficient (Wildman–Crippen LogP) is 5.04. The van der Waals surface area contributed by atoms with Gasteiger partial charge in [0.2, 0.25) is 0 Å². The third-order valence-electron chi connectivity index (χ3n) is 2.94. The SMILES string of the molecule is O=C(Cc1ccc(Br)cc1)Cc1nc(-c2cnc(Cl)s2)cs1. The van der Waals surface area contributed by atoms with Gasteiger partial charge in [0, 0.05) is 22.5 Å². The van der Waals surface area contributed by atoms with E-state index in [0.29, 0.717) is 17.3 Å². The van der Waals surface area contributed by atoms with Crippen LogP contribution in [0.1, 0.15) is 10.6 Å². The summed E-state index contributed by atoms with van der Waals surface area (Å²) in [6.07, 6.45) is 2.48. The number of Topliss-reactive ketones (excluding diaryl/α,β-unsaturated/α-hetero) is 1. The molecule has 0 aliphatic carbocycles. The average molecular weight is 414 g/mol. The van der Waals surface area contributed by atoms with Crippen LogP contribution in [0.3, 0.4) is 0 Å². The van der Waals surface area contributed by atoms with Crippen molar-refractivity contribution < 1.29 is 4.79 Å². The Morgan fingerprint density at radius 2 is 2.00 bits per heavy atom. The third-order valence-corrected chi connectivity index (χ3v) is 5.46. The number of halogens is 2. The highest BCUT2D eigenvalue weighted by Gasteiger charge is 2.11. The highest BCUT2D eigenvalue weighted by molar-refractivity contribution is 9.10. The van der Waals surface area contributed by atoms with E-state index in [1.54, 1.807) is 6.20 Å². The van der Waals surface area contributed by atoms with Crippen LogP contribution >= 0.6 is 50.2 Å². The van der Waals surface area contributed by atoms with Gasteiger partial charge in [-0.25, -0.2) is 9.97 Å². The van der Waals surface area contributed by atoms with E-state index in [9.17, 15) is 4.79 Å². The molecule has 0 aliphatic heterocycles. The predicted molar refractivity (Wildman–Crippen MR) is 94.8 cm³/mol. The van der Waals surface area contributed by atoms with E-state index in [2.05, 4.69) is 25.9 Å². The Morgan fingerprint density at radius 1 is 1.23 bits per heavy atom. The van der Waals surface area contributed by atoms with E-state index in [4.69, 9.17) is 11.6 Å². The van der Waals surface area contributed by atoms with Crippen molar-refractivity contribution in [2.24, 2.45) is 0 Å². The van der Waals surface area contributed by atoms with Crippen LogP contribution in [0.2, 0.25) is 4.47 Å². The quantitative estimate of drug-likeness (QED) is 0.588. The minimum atomic E-state index is 0.158. The van der Waals surface area contributed by atoms with Gasteiger partial charge in [-0.1, -0.05) is 39.7 Å². The van der Waals surface area contributed by atoms with Gasteiger partial charge < -0.3 is 0 Å². The van der Waals surface area contributed by atoms with Gasteiger partial charge in [-0.2, -0.15) is 0 Å². The summed E-state index contributed by atoms with van der Waals surface area (Å²) in [5.41, 5.74) is 1.85. The molecule has 7 heteroatoms. The zero-order valence-corrected chi connectivity index (χ0v) is 15.2. The van der Waals surface area contributed by atoms with E-state index in [1.807, 2.05) is 29.6 Å². The van der Waals surface area contributed by atoms with Crippen LogP contribution in [0.25, 0.3) is 10.6 Å². The number of nitrogens with zero attached hydrogens (tertiary/aromatic N) is 2. The molecule has 0 aliphatic rings. The molecule has 0 bridgehead atoms. The summed E-state index contributed by atoms with van der Waals surface area (Å²) in [7, 11) is 0. The molecule has 1 aromatic carbocycles. The molecule has 3 aromatic rings. The van der Waals surface area contributed by atoms with Crippen LogP contribution in [0, 0.1) is 0 Å². The summed E-state index contributed by atoms with van der Waals surface area (Å²) in [5, 5.41) is 2.76. The standard InChI is InChI=1S/C15H10BrClN2OS2/c16-10-3-1-9(2-4-10)5-11(20)6-14-19-12(8-21-14)13-7-18-15(17)22-13/h1-4,7-8H,5-6H2. The van der Waals surface area contributed by atoms with E-state index in [0.717, 1.165) is 25.6 Å². The first-order chi connectivity index (χ1) is 10.6. The molecule has 2 heterocycles. The lowest BCUT2D eigenvalue weighted by Gasteiger charge is -2.00. The monoisotopic (exact) mass is 412 g/mol. The number of ketones is 1. The Kier molecular flexibility index (Phi) is 5.03. The number of carbonyl (C=O) groups excluding carboxylic acids is 1. The summed E-state index contributed by atoms with van der Waals surface area (Å²) in [6.45, 7) is 0. The molecule has 0 radical (unpaired) electrons. The minimum Gasteiger partial charge on any atom is -0.299 e. The summed E-state index contributed by atoms with van der Waals surface area (Å²) in [5.74, 6) is 0.158. The van der Waals surface area contributed by atoms with Crippen LogP contribution in [0.15, 0.2) is 40.3 Å². The van der Waals surface area contributed by atoms with Crippen LogP contribution in [0.4, 0.5) is 0 Å². The molecule has 0 unspecified atom stereocenters. The lowest BCUT2D eigenvalue weighted by Crippen LogP contribution is -2.06. The Balaban J connectivity index is 1.64. The van der Waals surface area contributed by atoms with Crippen molar-refractivity contribution in [1.29, 1.82) is 0 Å². The molecule has 0 N–H and O–H groups in total. The molecule has 0 saturated heterocycles. The van der Waals surface area contributed by atoms with Gasteiger partial charge in [0.25, 0.3) is 0 Å². The van der Waals surface area contributed by atoms with E-state index in [1.165, 1.54) is 22.7 Å². The van der Waals surface area contributed by atoms with Crippen LogP contribution in [-0.2, 0) is 17.6 Å². The maximum Gasteiger partial charge on any atom is 0.184 e. The lowest BCUT2D eigenvalue weighted by molar-refractivity contribution is -0.117. The highest BCUT2D eigenvalue weighted by atomic mass is 79.9. The van der Waals surface area contributed by atoms with Crippen molar-refractivity contribution in [1.82, 2.24) is 9.97 Å². The van der Waals surface area contributed by atoms with Crippen LogP contribution in [-0.4, -0.2) is 15.8 Å². The zero-order valence-electron chi connectivity index (χ0n) is 11.3. The van der Waals surface area contributed by atoms with Crippen molar-refractivity contribution >= 4 is 56.0 Å². The fourth-order valence-electron chi connectivity index (χ4n) is 1.94. The Hall–Kier alpha value is -1.08. The van der Waals surface area contributed by atoms with Crippen molar-refractivity contribution in [2.75, 3.05) is 0 Å². The molecule has 0 saturated carbocycles. The normalized spacial score (nSPS) is 10.8. The summed E-state index contributed by atoms with van der Waals surface area (Å²) < 4.78 is 1.51. The van der Waals surface area contributed by atoms with E-state index < -0.39 is 0 Å². The van der Waals surface area contributed by atoms with Crippen LogP contribution in [0.5, 0.6) is 0 Å². The van der Waals surface area contributed by atoms with Crippen molar-refractivity contribution in [3.8, 4) is 10.6 Å². The van der Waals surface area contributed by atoms with Crippen molar-refractivity contribution in [2.45, 2.75) is 12.8 Å². The van der Waals surface area contributed by atoms with E-state index in [-0.39, 0.29) is 5.78 Å². The highest BCUT2D eigenvalue weighted by Crippen LogP contribution is 2.29. The maximum absolute atomic E-state index is 12.1. The molecule has 0 amide bonds. The third kappa shape index (κ3) is 4.01. The molecule has 0 spiro atoms. The zero-order chi connectivity index (χ0) is 15.5. The molecule has 3 nitrogen and oxygen atoms in total. The Morgan fingerprint density at radius 3 is 2.68 bits per heavy atom. The smallest absolute Gasteiger partial charge is 0.184 e. The van der Waals surface area contributed by atoms with Gasteiger partial charge in [-0.3, -0.25) is 4.79 Å². The second kappa shape index (κ2) is 7.00. The van der Waals surface area contributed by atoms with Gasteiger partial charge in [-0.05, 0) is 17.7 Å². The Bertz CT molecular complexity index is 798. The fraction of sp³-hybridized carbons (Fsp3) is 0.133. The van der Waals surface area contributed by atoms with Gasteiger partial charge >= 0.3 is 0 Å². The first-order valence-electron chi connectivity index (χ1n) is 6.42. The molecule has 0 fully saturated rings. The van der Waals surface area contributed by atoms with Gasteiger partial charge in [0.1, 0.15) is 10.8 Å². The molecule has 3 rings (SSSR count). The van der Waals surface area contributed by atoms with Crippen molar-refractivity contribution in [3.63, 3.8) is 0 Å². The van der Waals surface area contributed by atoms with E-state index >= 15 is 0 Å². The van der Waals surface area contributed by atoms with Crippen molar-refractivity contribution in [3.05, 3.63) is 55.4 Å². The number of hydrogen-bond donors (Lipinski definition) is 0. The fourth-order valence-corrected chi connectivity index (χ4v) is 4.00. The van der Waals surface area contributed by atoms with Gasteiger partial charge in [0.05, 0.1) is 17.0 Å². The molecular formula is C15H10BrClN2OS2. The first kappa shape index (κ1) is 15.8. The number of hydrogen-bond acceptors (Lipinski definition) is 5. The topological polar surface area (TPSA) is 42.9 Å². The molecule has 112 valence electrons. The number of rotatable bonds is 5. The number of benzene rings is 1. The number of aromatic nitrogens is 2. The first-order valence-corrected chi connectivity index (χ1v) is 9.29. The maximum atomic E-state index is 12.1. The second-order valence-electron chi connectivity index (χ2n) is 4.62. The molecule has 2 aromatic heterocycles. The number of thiazole rings is 2.